The molecule has 1 atom stereocenters. The number of hydrogen-bond donors (Lipinski definition) is 2. The summed E-state index contributed by atoms with van der Waals surface area (Å²) < 4.78 is 33.6. The molecule has 0 aliphatic rings. The van der Waals surface area contributed by atoms with Crippen molar-refractivity contribution in [1.82, 2.24) is 4.72 Å². The minimum Gasteiger partial charge on any atom is -0.482 e. The number of anilines is 1. The number of nitrogens with one attached hydrogen (secondary N) is 2. The number of benzene rings is 3. The van der Waals surface area contributed by atoms with Crippen LogP contribution in [0.5, 0.6) is 5.75 Å². The van der Waals surface area contributed by atoms with Crippen LogP contribution in [0.3, 0.4) is 0 Å². The third-order valence-corrected chi connectivity index (χ3v) is 6.69. The summed E-state index contributed by atoms with van der Waals surface area (Å²) in [5.74, 6) is -0.124. The van der Waals surface area contributed by atoms with Gasteiger partial charge in [-0.15, -0.1) is 0 Å². The van der Waals surface area contributed by atoms with E-state index in [0.29, 0.717) is 5.69 Å². The van der Waals surface area contributed by atoms with Crippen LogP contribution in [0.2, 0.25) is 5.02 Å². The third-order valence-electron chi connectivity index (χ3n) is 4.86. The molecule has 32 heavy (non-hydrogen) atoms. The molecule has 0 saturated carbocycles. The molecule has 8 heteroatoms. The van der Waals surface area contributed by atoms with Gasteiger partial charge in [-0.05, 0) is 56.2 Å². The number of aryl methyl sites for hydroxylation is 2. The molecule has 168 valence electrons. The summed E-state index contributed by atoms with van der Waals surface area (Å²) in [4.78, 5) is 12.2. The standard InChI is InChI=1S/C24H25ClN2O4S/c1-16-9-11-22(17(2)13-16)26-24(28)15-31-23-12-10-20(14-21(23)25)32(29,30)27-18(3)19-7-5-4-6-8-19/h4-14,18,27H,15H2,1-3H3,(H,26,28)/t18-/m0/s1. The first kappa shape index (κ1) is 23.8. The lowest BCUT2D eigenvalue weighted by molar-refractivity contribution is -0.118. The maximum Gasteiger partial charge on any atom is 0.262 e. The van der Waals surface area contributed by atoms with Gasteiger partial charge >= 0.3 is 0 Å². The van der Waals surface area contributed by atoms with E-state index in [1.165, 1.54) is 18.2 Å². The number of halogens is 1. The van der Waals surface area contributed by atoms with E-state index < -0.39 is 16.1 Å². The van der Waals surface area contributed by atoms with Crippen molar-refractivity contribution in [3.05, 3.63) is 88.4 Å². The van der Waals surface area contributed by atoms with E-state index >= 15 is 0 Å². The van der Waals surface area contributed by atoms with Crippen molar-refractivity contribution in [1.29, 1.82) is 0 Å². The van der Waals surface area contributed by atoms with Crippen molar-refractivity contribution in [2.75, 3.05) is 11.9 Å². The zero-order valence-electron chi connectivity index (χ0n) is 18.1. The molecule has 0 heterocycles. The lowest BCUT2D eigenvalue weighted by Gasteiger charge is -2.15. The van der Waals surface area contributed by atoms with Gasteiger partial charge in [0, 0.05) is 11.7 Å². The SMILES string of the molecule is Cc1ccc(NC(=O)COc2ccc(S(=O)(=O)N[C@@H](C)c3ccccc3)cc2Cl)c(C)c1. The van der Waals surface area contributed by atoms with Gasteiger partial charge in [-0.2, -0.15) is 0 Å². The summed E-state index contributed by atoms with van der Waals surface area (Å²) in [7, 11) is -3.80. The van der Waals surface area contributed by atoms with Gasteiger partial charge in [0.1, 0.15) is 5.75 Å². The Bertz CT molecular complexity index is 1210. The molecule has 0 spiro atoms. The predicted molar refractivity (Wildman–Crippen MR) is 127 cm³/mol. The quantitative estimate of drug-likeness (QED) is 0.482. The molecule has 6 nitrogen and oxygen atoms in total. The highest BCUT2D eigenvalue weighted by atomic mass is 35.5. The van der Waals surface area contributed by atoms with Crippen molar-refractivity contribution in [3.8, 4) is 5.75 Å². The van der Waals surface area contributed by atoms with Gasteiger partial charge in [-0.25, -0.2) is 13.1 Å². The second-order valence-electron chi connectivity index (χ2n) is 7.50. The highest BCUT2D eigenvalue weighted by molar-refractivity contribution is 7.89. The first-order chi connectivity index (χ1) is 15.2. The van der Waals surface area contributed by atoms with Gasteiger partial charge in [0.25, 0.3) is 5.91 Å². The Morgan fingerprint density at radius 3 is 2.41 bits per heavy atom. The topological polar surface area (TPSA) is 84.5 Å². The molecular weight excluding hydrogens is 448 g/mol. The molecule has 0 saturated heterocycles. The fraction of sp³-hybridized carbons (Fsp3) is 0.208. The van der Waals surface area contributed by atoms with E-state index in [9.17, 15) is 13.2 Å². The Labute approximate surface area is 193 Å². The molecule has 3 aromatic rings. The van der Waals surface area contributed by atoms with Crippen molar-refractivity contribution in [2.45, 2.75) is 31.7 Å². The van der Waals surface area contributed by atoms with Crippen LogP contribution in [-0.4, -0.2) is 20.9 Å². The zero-order valence-corrected chi connectivity index (χ0v) is 19.6. The van der Waals surface area contributed by atoms with E-state index in [4.69, 9.17) is 16.3 Å². The van der Waals surface area contributed by atoms with E-state index in [2.05, 4.69) is 10.0 Å². The van der Waals surface area contributed by atoms with Crippen LogP contribution >= 0.6 is 11.6 Å². The highest BCUT2D eigenvalue weighted by Gasteiger charge is 2.20. The first-order valence-corrected chi connectivity index (χ1v) is 11.9. The first-order valence-electron chi connectivity index (χ1n) is 10.0. The Morgan fingerprint density at radius 1 is 1.03 bits per heavy atom. The summed E-state index contributed by atoms with van der Waals surface area (Å²) in [5, 5.41) is 2.88. The summed E-state index contributed by atoms with van der Waals surface area (Å²) in [6, 6.07) is 18.7. The van der Waals surface area contributed by atoms with Crippen molar-refractivity contribution >= 4 is 33.2 Å². The number of ether oxygens (including phenoxy) is 1. The van der Waals surface area contributed by atoms with Crippen LogP contribution in [0.15, 0.2) is 71.6 Å². The summed E-state index contributed by atoms with van der Waals surface area (Å²) in [5.41, 5.74) is 3.60. The minimum atomic E-state index is -3.80. The van der Waals surface area contributed by atoms with E-state index in [-0.39, 0.29) is 28.2 Å². The summed E-state index contributed by atoms with van der Waals surface area (Å²) in [6.45, 7) is 5.39. The van der Waals surface area contributed by atoms with Gasteiger partial charge in [0.15, 0.2) is 6.61 Å². The number of sulfonamides is 1. The van der Waals surface area contributed by atoms with Crippen LogP contribution < -0.4 is 14.8 Å². The average molecular weight is 473 g/mol. The molecule has 0 radical (unpaired) electrons. The normalized spacial score (nSPS) is 12.2. The van der Waals surface area contributed by atoms with E-state index in [1.807, 2.05) is 62.4 Å². The Morgan fingerprint density at radius 2 is 1.75 bits per heavy atom. The number of amides is 1. The predicted octanol–water partition coefficient (Wildman–Crippen LogP) is 5.01. The fourth-order valence-corrected chi connectivity index (χ4v) is 4.72. The maximum absolute atomic E-state index is 12.7. The maximum atomic E-state index is 12.7. The molecule has 0 fully saturated rings. The van der Waals surface area contributed by atoms with Crippen LogP contribution in [0.25, 0.3) is 0 Å². The van der Waals surface area contributed by atoms with Crippen LogP contribution in [0.4, 0.5) is 5.69 Å². The molecule has 0 aromatic heterocycles. The van der Waals surface area contributed by atoms with E-state index in [0.717, 1.165) is 16.7 Å². The summed E-state index contributed by atoms with van der Waals surface area (Å²) >= 11 is 6.23. The fourth-order valence-electron chi connectivity index (χ4n) is 3.16. The van der Waals surface area contributed by atoms with E-state index in [1.54, 1.807) is 6.92 Å². The Hall–Kier alpha value is -2.87. The number of carbonyl (C=O) groups excluding carboxylic acids is 1. The molecule has 3 rings (SSSR count). The van der Waals surface area contributed by atoms with Crippen molar-refractivity contribution in [2.24, 2.45) is 0 Å². The van der Waals surface area contributed by atoms with Gasteiger partial charge in [-0.1, -0.05) is 59.6 Å². The van der Waals surface area contributed by atoms with Crippen LogP contribution in [0.1, 0.15) is 29.7 Å². The molecule has 3 aromatic carbocycles. The second kappa shape index (κ2) is 10.2. The van der Waals surface area contributed by atoms with Gasteiger partial charge in [0.2, 0.25) is 10.0 Å². The number of carbonyl (C=O) groups is 1. The van der Waals surface area contributed by atoms with Crippen LogP contribution in [0, 0.1) is 13.8 Å². The monoisotopic (exact) mass is 472 g/mol. The largest absolute Gasteiger partial charge is 0.482 e. The summed E-state index contributed by atoms with van der Waals surface area (Å²) in [6.07, 6.45) is 0. The number of rotatable bonds is 8. The Balaban J connectivity index is 1.63. The minimum absolute atomic E-state index is 0.0114. The van der Waals surface area contributed by atoms with Crippen molar-refractivity contribution < 1.29 is 17.9 Å². The van der Waals surface area contributed by atoms with Crippen LogP contribution in [-0.2, 0) is 14.8 Å². The van der Waals surface area contributed by atoms with Gasteiger partial charge in [0.05, 0.1) is 9.92 Å². The molecule has 0 unspecified atom stereocenters. The third kappa shape index (κ3) is 6.09. The second-order valence-corrected chi connectivity index (χ2v) is 9.62. The van der Waals surface area contributed by atoms with Gasteiger partial charge < -0.3 is 10.1 Å². The zero-order chi connectivity index (χ0) is 23.3. The lowest BCUT2D eigenvalue weighted by atomic mass is 10.1. The highest BCUT2D eigenvalue weighted by Crippen LogP contribution is 2.28. The average Bonchev–Trinajstić information content (AvgIpc) is 2.75. The molecule has 0 aliphatic heterocycles. The number of hydrogen-bond acceptors (Lipinski definition) is 4. The molecular formula is C24H25ClN2O4S. The van der Waals surface area contributed by atoms with Gasteiger partial charge in [-0.3, -0.25) is 4.79 Å². The molecule has 2 N–H and O–H groups in total. The van der Waals surface area contributed by atoms with Crippen molar-refractivity contribution in [3.63, 3.8) is 0 Å². The molecule has 0 aliphatic carbocycles. The Kier molecular flexibility index (Phi) is 7.56. The molecule has 0 bridgehead atoms. The smallest absolute Gasteiger partial charge is 0.262 e. The lowest BCUT2D eigenvalue weighted by Crippen LogP contribution is -2.27. The molecule has 1 amide bonds.